The molecule has 0 radical (unpaired) electrons. The Morgan fingerprint density at radius 2 is 1.12 bits per heavy atom. The van der Waals surface area contributed by atoms with Gasteiger partial charge in [-0.3, -0.25) is 19.8 Å². The van der Waals surface area contributed by atoms with Gasteiger partial charge in [-0.2, -0.15) is 0 Å². The average molecular weight is 749 g/mol. The fourth-order valence-electron chi connectivity index (χ4n) is 10.6. The Bertz CT molecular complexity index is 2260. The van der Waals surface area contributed by atoms with Crippen molar-refractivity contribution in [1.29, 1.82) is 0 Å². The summed E-state index contributed by atoms with van der Waals surface area (Å²) in [6, 6.07) is 16.7. The van der Waals surface area contributed by atoms with Gasteiger partial charge in [-0.15, -0.1) is 23.4 Å². The Labute approximate surface area is 326 Å². The van der Waals surface area contributed by atoms with Gasteiger partial charge in [-0.1, -0.05) is 22.6 Å². The van der Waals surface area contributed by atoms with Crippen LogP contribution in [0.5, 0.6) is 11.5 Å². The van der Waals surface area contributed by atoms with Crippen LogP contribution >= 0.6 is 0 Å². The molecule has 4 aromatic heterocycles. The number of piperidine rings is 6. The van der Waals surface area contributed by atoms with Crippen molar-refractivity contribution in [2.75, 3.05) is 40.4 Å². The number of nitrogens with zero attached hydrogens (tertiary/aromatic N) is 10. The van der Waals surface area contributed by atoms with Gasteiger partial charge in [0.1, 0.15) is 22.9 Å². The van der Waals surface area contributed by atoms with Gasteiger partial charge in [-0.05, 0) is 122 Å². The first kappa shape index (κ1) is 35.0. The molecule has 10 atom stereocenters. The molecule has 6 aliphatic rings. The van der Waals surface area contributed by atoms with Gasteiger partial charge in [-0.25, -0.2) is 9.36 Å². The third-order valence-corrected chi connectivity index (χ3v) is 13.5. The molecular formula is C44H48N10O2. The van der Waals surface area contributed by atoms with E-state index in [2.05, 4.69) is 81.1 Å². The lowest BCUT2D eigenvalue weighted by Crippen LogP contribution is -2.56. The maximum atomic E-state index is 5.69. The van der Waals surface area contributed by atoms with E-state index in [0.717, 1.165) is 83.5 Å². The third kappa shape index (κ3) is 5.88. The van der Waals surface area contributed by atoms with Crippen molar-refractivity contribution in [3.8, 4) is 22.9 Å². The summed E-state index contributed by atoms with van der Waals surface area (Å²) in [6.45, 7) is 12.5. The van der Waals surface area contributed by atoms with Crippen LogP contribution in [0.2, 0.25) is 0 Å². The number of rotatable bonds is 11. The lowest BCUT2D eigenvalue weighted by atomic mass is 9.73. The highest BCUT2D eigenvalue weighted by atomic mass is 16.5. The molecule has 6 fully saturated rings. The predicted octanol–water partition coefficient (Wildman–Crippen LogP) is 6.62. The fourth-order valence-corrected chi connectivity index (χ4v) is 10.6. The zero-order valence-electron chi connectivity index (χ0n) is 32.1. The molecule has 12 heteroatoms. The van der Waals surface area contributed by atoms with Crippen LogP contribution in [0.1, 0.15) is 48.9 Å². The number of pyridine rings is 2. The molecule has 0 aliphatic carbocycles. The first-order chi connectivity index (χ1) is 27.5. The topological polar surface area (TPSA) is 112 Å². The van der Waals surface area contributed by atoms with Crippen LogP contribution in [-0.2, 0) is 0 Å². The predicted molar refractivity (Wildman–Crippen MR) is 215 cm³/mol. The van der Waals surface area contributed by atoms with E-state index in [0.29, 0.717) is 35.1 Å². The maximum absolute atomic E-state index is 5.69. The first-order valence-electron chi connectivity index (χ1n) is 20.0. The third-order valence-electron chi connectivity index (χ3n) is 13.5. The van der Waals surface area contributed by atoms with Crippen molar-refractivity contribution in [1.82, 2.24) is 49.8 Å². The summed E-state index contributed by atoms with van der Waals surface area (Å²) >= 11 is 0. The second-order valence-corrected chi connectivity index (χ2v) is 16.1. The van der Waals surface area contributed by atoms with E-state index in [1.54, 1.807) is 14.2 Å². The number of hydrogen-bond donors (Lipinski definition) is 0. The smallest absolute Gasteiger partial charge is 0.134 e. The zero-order valence-corrected chi connectivity index (χ0v) is 32.1. The van der Waals surface area contributed by atoms with Gasteiger partial charge in [0.15, 0.2) is 0 Å². The molecule has 12 rings (SSSR count). The van der Waals surface area contributed by atoms with Crippen LogP contribution in [0.15, 0.2) is 98.6 Å². The Hall–Kier alpha value is -5.46. The quantitative estimate of drug-likeness (QED) is 0.134. The van der Waals surface area contributed by atoms with Crippen molar-refractivity contribution >= 4 is 21.8 Å². The van der Waals surface area contributed by atoms with E-state index in [-0.39, 0.29) is 24.2 Å². The number of hydrogen-bond acceptors (Lipinski definition) is 10. The van der Waals surface area contributed by atoms with Gasteiger partial charge in [0.25, 0.3) is 0 Å². The Kier molecular flexibility index (Phi) is 8.90. The molecule has 56 heavy (non-hydrogen) atoms. The summed E-state index contributed by atoms with van der Waals surface area (Å²) < 4.78 is 15.5. The SMILES string of the molecule is C=CC1CN2CCC1CC2[C@H](c1ccnc2ccc(OC)cc12)n1cc(-c2cn([C@@H](c3ccnc4ccc(OC)cc34)C3CC4CCN3CC4C=C)nn2)nn1. The Morgan fingerprint density at radius 3 is 1.52 bits per heavy atom. The first-order valence-corrected chi connectivity index (χ1v) is 20.0. The minimum atomic E-state index is -0.105. The van der Waals surface area contributed by atoms with Gasteiger partial charge in [0.05, 0.1) is 49.7 Å². The van der Waals surface area contributed by atoms with Gasteiger partial charge in [0.2, 0.25) is 0 Å². The van der Waals surface area contributed by atoms with E-state index < -0.39 is 0 Å². The minimum Gasteiger partial charge on any atom is -0.497 e. The molecule has 6 aliphatic heterocycles. The zero-order chi connectivity index (χ0) is 37.9. The number of aromatic nitrogens is 8. The van der Waals surface area contributed by atoms with Crippen molar-refractivity contribution in [3.05, 3.63) is 110 Å². The number of methoxy groups -OCH3 is 2. The summed E-state index contributed by atoms with van der Waals surface area (Å²) in [4.78, 5) is 14.7. The van der Waals surface area contributed by atoms with Gasteiger partial charge in [0, 0.05) is 48.3 Å². The molecule has 286 valence electrons. The highest BCUT2D eigenvalue weighted by Gasteiger charge is 2.45. The molecular weight excluding hydrogens is 701 g/mol. The average Bonchev–Trinajstić information content (AvgIpc) is 3.95. The molecule has 0 saturated carbocycles. The van der Waals surface area contributed by atoms with Crippen LogP contribution in [0.3, 0.4) is 0 Å². The van der Waals surface area contributed by atoms with Gasteiger partial charge >= 0.3 is 0 Å². The summed E-state index contributed by atoms with van der Waals surface area (Å²) in [5.41, 5.74) is 5.54. The lowest BCUT2D eigenvalue weighted by Gasteiger charge is -2.51. The molecule has 6 aromatic rings. The summed E-state index contributed by atoms with van der Waals surface area (Å²) in [7, 11) is 3.42. The standard InChI is InChI=1S/C44H48N10O2/c1-5-27-23-51-17-13-29(27)19-41(51)43(33-11-15-45-37-9-7-31(55-3)21-35(33)37)53-25-39(47-49-53)40-26-54(50-48-40)44(42-20-30-14-18-52(42)24-28(30)6-2)34-12-16-46-38-10-8-32(56-4)22-36(34)38/h5-12,15-16,21-22,25-30,41-44H,1-2,13-14,17-20,23-24H2,3-4H3/t27?,28?,29?,30?,41?,42?,43-,44-/m0/s1. The number of fused-ring (bicyclic) bond motifs is 8. The Balaban J connectivity index is 1.05. The van der Waals surface area contributed by atoms with E-state index in [4.69, 9.17) is 40.1 Å². The summed E-state index contributed by atoms with van der Waals surface area (Å²) in [5.74, 6) is 3.78. The lowest BCUT2D eigenvalue weighted by molar-refractivity contribution is -0.000140. The molecule has 4 bridgehead atoms. The largest absolute Gasteiger partial charge is 0.497 e. The normalized spacial score (nSPS) is 28.0. The van der Waals surface area contributed by atoms with Crippen LogP contribution in [0.4, 0.5) is 0 Å². The monoisotopic (exact) mass is 748 g/mol. The number of benzene rings is 2. The van der Waals surface area contributed by atoms with Crippen LogP contribution in [0, 0.1) is 23.7 Å². The Morgan fingerprint density at radius 1 is 0.661 bits per heavy atom. The maximum Gasteiger partial charge on any atom is 0.134 e. The molecule has 10 heterocycles. The highest BCUT2D eigenvalue weighted by molar-refractivity contribution is 5.85. The summed E-state index contributed by atoms with van der Waals surface area (Å²) in [6.07, 6.45) is 16.7. The van der Waals surface area contributed by atoms with Crippen molar-refractivity contribution in [3.63, 3.8) is 0 Å². The molecule has 0 N–H and O–H groups in total. The van der Waals surface area contributed by atoms with E-state index in [1.807, 2.05) is 36.7 Å². The van der Waals surface area contributed by atoms with Crippen molar-refractivity contribution in [2.24, 2.45) is 23.7 Å². The molecule has 12 nitrogen and oxygen atoms in total. The van der Waals surface area contributed by atoms with E-state index in [9.17, 15) is 0 Å². The molecule has 8 unspecified atom stereocenters. The van der Waals surface area contributed by atoms with Crippen LogP contribution in [-0.4, -0.2) is 102 Å². The van der Waals surface area contributed by atoms with Crippen LogP contribution < -0.4 is 9.47 Å². The van der Waals surface area contributed by atoms with E-state index >= 15 is 0 Å². The van der Waals surface area contributed by atoms with Crippen LogP contribution in [0.25, 0.3) is 33.2 Å². The fraction of sp³-hybridized carbons (Fsp3) is 0.409. The number of ether oxygens (including phenoxy) is 2. The second-order valence-electron chi connectivity index (χ2n) is 16.1. The highest BCUT2D eigenvalue weighted by Crippen LogP contribution is 2.46. The minimum absolute atomic E-state index is 0.105. The van der Waals surface area contributed by atoms with E-state index in [1.165, 1.54) is 12.8 Å². The molecule has 0 spiro atoms. The molecule has 0 amide bonds. The summed E-state index contributed by atoms with van der Waals surface area (Å²) in [5, 5.41) is 21.5. The van der Waals surface area contributed by atoms with Crippen molar-refractivity contribution < 1.29 is 9.47 Å². The second kappa shape index (κ2) is 14.2. The molecule has 6 saturated heterocycles. The molecule has 2 aromatic carbocycles. The van der Waals surface area contributed by atoms with Gasteiger partial charge < -0.3 is 9.47 Å². The van der Waals surface area contributed by atoms with Crippen molar-refractivity contribution in [2.45, 2.75) is 49.9 Å².